The zero-order chi connectivity index (χ0) is 22.1. The molecule has 2 aromatic carbocycles. The zero-order valence-corrected chi connectivity index (χ0v) is 20.9. The van der Waals surface area contributed by atoms with Crippen LogP contribution in [0.2, 0.25) is 10.0 Å². The number of thioether (sulfide) groups is 1. The highest BCUT2D eigenvalue weighted by molar-refractivity contribution is 9.10. The highest BCUT2D eigenvalue weighted by atomic mass is 79.9. The van der Waals surface area contributed by atoms with Crippen molar-refractivity contribution in [2.75, 3.05) is 12.3 Å². The average Bonchev–Trinajstić information content (AvgIpc) is 2.72. The standard InChI is InChI=1S/C22H25BrCl2N2O2S/c1-3-11-26-22(29)15(2)27(12-18-19(24)5-4-6-20(18)25)21(28)14-30-13-16-7-9-17(23)10-8-16/h4-10,15H,3,11-14H2,1-2H3,(H,26,29)/t15-/m1/s1. The van der Waals surface area contributed by atoms with Crippen molar-refractivity contribution in [2.24, 2.45) is 0 Å². The summed E-state index contributed by atoms with van der Waals surface area (Å²) in [6.45, 7) is 4.45. The molecule has 0 aliphatic heterocycles. The van der Waals surface area contributed by atoms with Crippen molar-refractivity contribution in [1.82, 2.24) is 10.2 Å². The first kappa shape index (κ1) is 25.1. The van der Waals surface area contributed by atoms with Gasteiger partial charge >= 0.3 is 0 Å². The van der Waals surface area contributed by atoms with Crippen molar-refractivity contribution in [2.45, 2.75) is 38.6 Å². The van der Waals surface area contributed by atoms with Crippen LogP contribution in [0.5, 0.6) is 0 Å². The highest BCUT2D eigenvalue weighted by Gasteiger charge is 2.27. The molecule has 0 fully saturated rings. The summed E-state index contributed by atoms with van der Waals surface area (Å²) in [5, 5.41) is 3.81. The number of nitrogens with one attached hydrogen (secondary N) is 1. The average molecular weight is 532 g/mol. The van der Waals surface area contributed by atoms with Crippen LogP contribution in [-0.2, 0) is 21.9 Å². The summed E-state index contributed by atoms with van der Waals surface area (Å²) in [5.74, 6) is 0.637. The maximum Gasteiger partial charge on any atom is 0.242 e. The molecule has 0 radical (unpaired) electrons. The van der Waals surface area contributed by atoms with Crippen molar-refractivity contribution in [3.63, 3.8) is 0 Å². The van der Waals surface area contributed by atoms with Gasteiger partial charge in [-0.2, -0.15) is 0 Å². The minimum absolute atomic E-state index is 0.132. The molecule has 8 heteroatoms. The molecule has 1 atom stereocenters. The van der Waals surface area contributed by atoms with Crippen molar-refractivity contribution in [1.29, 1.82) is 0 Å². The highest BCUT2D eigenvalue weighted by Crippen LogP contribution is 2.27. The predicted molar refractivity (Wildman–Crippen MR) is 130 cm³/mol. The number of amides is 2. The first-order valence-electron chi connectivity index (χ1n) is 9.65. The number of carbonyl (C=O) groups is 2. The van der Waals surface area contributed by atoms with Crippen LogP contribution in [0.1, 0.15) is 31.4 Å². The number of rotatable bonds is 10. The fraction of sp³-hybridized carbons (Fsp3) is 0.364. The SMILES string of the molecule is CCCNC(=O)[C@@H](C)N(Cc1c(Cl)cccc1Cl)C(=O)CSCc1ccc(Br)cc1. The van der Waals surface area contributed by atoms with Crippen LogP contribution in [-0.4, -0.2) is 35.1 Å². The minimum Gasteiger partial charge on any atom is -0.354 e. The molecule has 30 heavy (non-hydrogen) atoms. The summed E-state index contributed by atoms with van der Waals surface area (Å²) in [6.07, 6.45) is 0.825. The normalized spacial score (nSPS) is 11.8. The van der Waals surface area contributed by atoms with Gasteiger partial charge in [-0.05, 0) is 43.2 Å². The largest absolute Gasteiger partial charge is 0.354 e. The van der Waals surface area contributed by atoms with Crippen LogP contribution >= 0.6 is 50.9 Å². The Bertz CT molecular complexity index is 844. The van der Waals surface area contributed by atoms with Crippen LogP contribution in [0.15, 0.2) is 46.9 Å². The van der Waals surface area contributed by atoms with Gasteiger partial charge in [0.2, 0.25) is 11.8 Å². The molecule has 0 unspecified atom stereocenters. The molecule has 2 amide bonds. The van der Waals surface area contributed by atoms with Gasteiger partial charge in [-0.1, -0.05) is 64.3 Å². The third-order valence-electron chi connectivity index (χ3n) is 4.51. The van der Waals surface area contributed by atoms with E-state index >= 15 is 0 Å². The molecule has 2 aromatic rings. The van der Waals surface area contributed by atoms with Crippen LogP contribution in [0.3, 0.4) is 0 Å². The molecule has 4 nitrogen and oxygen atoms in total. The summed E-state index contributed by atoms with van der Waals surface area (Å²) in [7, 11) is 0. The quantitative estimate of drug-likeness (QED) is 0.413. The summed E-state index contributed by atoms with van der Waals surface area (Å²) >= 11 is 17.6. The third-order valence-corrected chi connectivity index (χ3v) is 6.74. The lowest BCUT2D eigenvalue weighted by Gasteiger charge is -2.29. The number of hydrogen-bond donors (Lipinski definition) is 1. The van der Waals surface area contributed by atoms with Crippen LogP contribution in [0.25, 0.3) is 0 Å². The molecule has 162 valence electrons. The second kappa shape index (κ2) is 12.6. The molecular weight excluding hydrogens is 507 g/mol. The van der Waals surface area contributed by atoms with Crippen molar-refractivity contribution in [3.8, 4) is 0 Å². The Morgan fingerprint density at radius 2 is 1.77 bits per heavy atom. The smallest absolute Gasteiger partial charge is 0.242 e. The lowest BCUT2D eigenvalue weighted by atomic mass is 10.1. The van der Waals surface area contributed by atoms with Gasteiger partial charge in [0.1, 0.15) is 6.04 Å². The monoisotopic (exact) mass is 530 g/mol. The molecule has 0 saturated heterocycles. The third kappa shape index (κ3) is 7.49. The van der Waals surface area contributed by atoms with Crippen LogP contribution in [0.4, 0.5) is 0 Å². The maximum atomic E-state index is 13.1. The van der Waals surface area contributed by atoms with E-state index in [2.05, 4.69) is 21.2 Å². The fourth-order valence-corrected chi connectivity index (χ4v) is 4.40. The molecule has 0 bridgehead atoms. The molecule has 0 spiro atoms. The van der Waals surface area contributed by atoms with Gasteiger partial charge in [-0.3, -0.25) is 9.59 Å². The van der Waals surface area contributed by atoms with Gasteiger partial charge < -0.3 is 10.2 Å². The van der Waals surface area contributed by atoms with Gasteiger partial charge in [0.15, 0.2) is 0 Å². The Kier molecular flexibility index (Phi) is 10.5. The zero-order valence-electron chi connectivity index (χ0n) is 17.0. The van der Waals surface area contributed by atoms with E-state index in [0.29, 0.717) is 27.9 Å². The van der Waals surface area contributed by atoms with E-state index in [9.17, 15) is 9.59 Å². The molecule has 0 aromatic heterocycles. The predicted octanol–water partition coefficient (Wildman–Crippen LogP) is 5.93. The molecule has 0 heterocycles. The first-order valence-corrected chi connectivity index (χ1v) is 12.4. The Morgan fingerprint density at radius 3 is 2.37 bits per heavy atom. The van der Waals surface area contributed by atoms with E-state index in [1.54, 1.807) is 30.0 Å². The Labute approximate surface area is 200 Å². The number of carbonyl (C=O) groups excluding carboxylic acids is 2. The molecule has 1 N–H and O–H groups in total. The summed E-state index contributed by atoms with van der Waals surface area (Å²) < 4.78 is 1.02. The number of nitrogens with zero attached hydrogens (tertiary/aromatic N) is 1. The van der Waals surface area contributed by atoms with Crippen LogP contribution in [0, 0.1) is 0 Å². The van der Waals surface area contributed by atoms with E-state index in [1.807, 2.05) is 31.2 Å². The van der Waals surface area contributed by atoms with E-state index in [1.165, 1.54) is 11.8 Å². The molecular formula is C22H25BrCl2N2O2S. The summed E-state index contributed by atoms with van der Waals surface area (Å²) in [4.78, 5) is 27.2. The second-order valence-corrected chi connectivity index (χ2v) is 9.52. The molecule has 0 saturated carbocycles. The number of benzene rings is 2. The molecule has 0 aliphatic rings. The summed E-state index contributed by atoms with van der Waals surface area (Å²) in [6, 6.07) is 12.6. The van der Waals surface area contributed by atoms with E-state index < -0.39 is 6.04 Å². The Balaban J connectivity index is 2.11. The second-order valence-electron chi connectivity index (χ2n) is 6.81. The van der Waals surface area contributed by atoms with Gasteiger partial charge in [0, 0.05) is 38.9 Å². The van der Waals surface area contributed by atoms with Gasteiger partial charge in [-0.15, -0.1) is 11.8 Å². The minimum atomic E-state index is -0.635. The lowest BCUT2D eigenvalue weighted by Crippen LogP contribution is -2.48. The van der Waals surface area contributed by atoms with Gasteiger partial charge in [0.25, 0.3) is 0 Å². The molecule has 0 aliphatic carbocycles. The van der Waals surface area contributed by atoms with Crippen molar-refractivity contribution < 1.29 is 9.59 Å². The maximum absolute atomic E-state index is 13.1. The van der Waals surface area contributed by atoms with Crippen molar-refractivity contribution >= 4 is 62.7 Å². The topological polar surface area (TPSA) is 49.4 Å². The number of halogens is 3. The Hall–Kier alpha value is -1.21. The Morgan fingerprint density at radius 1 is 1.13 bits per heavy atom. The van der Waals surface area contributed by atoms with E-state index in [0.717, 1.165) is 16.5 Å². The van der Waals surface area contributed by atoms with E-state index in [4.69, 9.17) is 23.2 Å². The van der Waals surface area contributed by atoms with Crippen LogP contribution < -0.4 is 5.32 Å². The number of hydrogen-bond acceptors (Lipinski definition) is 3. The first-order chi connectivity index (χ1) is 14.3. The summed E-state index contributed by atoms with van der Waals surface area (Å²) in [5.41, 5.74) is 1.77. The van der Waals surface area contributed by atoms with Gasteiger partial charge in [-0.25, -0.2) is 0 Å². The van der Waals surface area contributed by atoms with E-state index in [-0.39, 0.29) is 24.1 Å². The lowest BCUT2D eigenvalue weighted by molar-refractivity contribution is -0.138. The molecule has 2 rings (SSSR count). The van der Waals surface area contributed by atoms with Gasteiger partial charge in [0.05, 0.1) is 5.75 Å². The van der Waals surface area contributed by atoms with Crippen molar-refractivity contribution in [3.05, 3.63) is 68.1 Å². The fourth-order valence-electron chi connectivity index (χ4n) is 2.75.